The zero-order valence-electron chi connectivity index (χ0n) is 11.0. The minimum atomic E-state index is -1.03. The van der Waals surface area contributed by atoms with E-state index in [0.717, 1.165) is 21.3 Å². The van der Waals surface area contributed by atoms with Crippen LogP contribution in [0.3, 0.4) is 0 Å². The molecule has 0 bridgehead atoms. The highest BCUT2D eigenvalue weighted by Crippen LogP contribution is 2.27. The number of hydrogen-bond acceptors (Lipinski definition) is 5. The minimum absolute atomic E-state index is 0.0365. The molecule has 1 unspecified atom stereocenters. The predicted molar refractivity (Wildman–Crippen MR) is 74.8 cm³/mol. The first-order valence-corrected chi connectivity index (χ1v) is 6.69. The molecule has 0 saturated heterocycles. The zero-order valence-corrected chi connectivity index (χ0v) is 11.8. The molecule has 6 heteroatoms. The summed E-state index contributed by atoms with van der Waals surface area (Å²) >= 11 is 1.65. The normalized spacial score (nSPS) is 12.2. The van der Waals surface area contributed by atoms with E-state index in [-0.39, 0.29) is 11.7 Å². The number of carbonyl (C=O) groups is 1. The summed E-state index contributed by atoms with van der Waals surface area (Å²) in [5.41, 5.74) is 1.79. The number of pyridine rings is 1. The number of aromatic carboxylic acids is 1. The van der Waals surface area contributed by atoms with E-state index in [0.29, 0.717) is 0 Å². The number of carboxylic acids is 1. The molecule has 100 valence electrons. The van der Waals surface area contributed by atoms with Gasteiger partial charge in [-0.25, -0.2) is 14.8 Å². The number of nitrogens with zero attached hydrogens (tertiary/aromatic N) is 2. The van der Waals surface area contributed by atoms with E-state index < -0.39 is 5.97 Å². The van der Waals surface area contributed by atoms with Gasteiger partial charge in [0.25, 0.3) is 0 Å². The van der Waals surface area contributed by atoms with Crippen LogP contribution in [0.25, 0.3) is 0 Å². The number of hydrogen-bond donors (Lipinski definition) is 2. The van der Waals surface area contributed by atoms with Crippen LogP contribution in [0.4, 0.5) is 5.69 Å². The molecule has 0 spiro atoms. The van der Waals surface area contributed by atoms with Crippen LogP contribution in [0.2, 0.25) is 0 Å². The number of rotatable bonds is 4. The Bertz CT molecular complexity index is 610. The third-order valence-electron chi connectivity index (χ3n) is 2.69. The van der Waals surface area contributed by atoms with Gasteiger partial charge in [-0.15, -0.1) is 11.3 Å². The second kappa shape index (κ2) is 5.36. The fourth-order valence-electron chi connectivity index (χ4n) is 1.90. The molecule has 2 aromatic heterocycles. The van der Waals surface area contributed by atoms with E-state index >= 15 is 0 Å². The third-order valence-corrected chi connectivity index (χ3v) is 3.95. The maximum absolute atomic E-state index is 10.9. The van der Waals surface area contributed by atoms with Crippen molar-refractivity contribution in [3.8, 4) is 0 Å². The van der Waals surface area contributed by atoms with Crippen LogP contribution in [-0.2, 0) is 0 Å². The summed E-state index contributed by atoms with van der Waals surface area (Å²) in [6.07, 6.45) is 1.49. The first-order chi connectivity index (χ1) is 8.97. The average Bonchev–Trinajstić information content (AvgIpc) is 2.69. The molecule has 0 aliphatic carbocycles. The van der Waals surface area contributed by atoms with Crippen LogP contribution in [-0.4, -0.2) is 21.0 Å². The van der Waals surface area contributed by atoms with Gasteiger partial charge in [0.15, 0.2) is 0 Å². The lowest BCUT2D eigenvalue weighted by Gasteiger charge is -2.14. The molecule has 2 heterocycles. The SMILES string of the molecule is Cc1nc(C)c(C(C)Nc2ccnc(C(=O)O)c2)s1. The summed E-state index contributed by atoms with van der Waals surface area (Å²) in [4.78, 5) is 20.2. The Balaban J connectivity index is 2.19. The van der Waals surface area contributed by atoms with E-state index in [4.69, 9.17) is 5.11 Å². The third kappa shape index (κ3) is 3.08. The highest BCUT2D eigenvalue weighted by atomic mass is 32.1. The fourth-order valence-corrected chi connectivity index (χ4v) is 2.83. The Labute approximate surface area is 115 Å². The highest BCUT2D eigenvalue weighted by Gasteiger charge is 2.13. The molecule has 5 nitrogen and oxygen atoms in total. The Morgan fingerprint density at radius 1 is 1.47 bits per heavy atom. The molecule has 1 atom stereocenters. The summed E-state index contributed by atoms with van der Waals surface area (Å²) in [5, 5.41) is 13.2. The van der Waals surface area contributed by atoms with Crippen LogP contribution in [0.1, 0.15) is 39.0 Å². The molecule has 2 N–H and O–H groups in total. The zero-order chi connectivity index (χ0) is 14.0. The number of aryl methyl sites for hydroxylation is 2. The lowest BCUT2D eigenvalue weighted by molar-refractivity contribution is 0.0690. The van der Waals surface area contributed by atoms with Gasteiger partial charge in [-0.05, 0) is 32.9 Å². The van der Waals surface area contributed by atoms with Gasteiger partial charge < -0.3 is 10.4 Å². The van der Waals surface area contributed by atoms with Gasteiger partial charge in [0.2, 0.25) is 0 Å². The number of nitrogens with one attached hydrogen (secondary N) is 1. The lowest BCUT2D eigenvalue weighted by Crippen LogP contribution is -2.08. The average molecular weight is 277 g/mol. The monoisotopic (exact) mass is 277 g/mol. The first kappa shape index (κ1) is 13.5. The van der Waals surface area contributed by atoms with Crippen LogP contribution in [0, 0.1) is 13.8 Å². The Kier molecular flexibility index (Phi) is 3.80. The second-order valence-corrected chi connectivity index (χ2v) is 5.52. The number of carboxylic acid groups (broad SMARTS) is 1. The molecule has 19 heavy (non-hydrogen) atoms. The Hall–Kier alpha value is -1.95. The molecule has 0 radical (unpaired) electrons. The van der Waals surface area contributed by atoms with E-state index in [1.165, 1.54) is 12.3 Å². The Morgan fingerprint density at radius 3 is 2.79 bits per heavy atom. The minimum Gasteiger partial charge on any atom is -0.477 e. The van der Waals surface area contributed by atoms with Crippen molar-refractivity contribution in [2.24, 2.45) is 0 Å². The fraction of sp³-hybridized carbons (Fsp3) is 0.308. The summed E-state index contributed by atoms with van der Waals surface area (Å²) in [6, 6.07) is 3.36. The molecule has 0 saturated carbocycles. The van der Waals surface area contributed by atoms with Crippen molar-refractivity contribution in [3.05, 3.63) is 39.6 Å². The van der Waals surface area contributed by atoms with E-state index in [1.807, 2.05) is 20.8 Å². The molecule has 2 rings (SSSR count). The molecule has 0 aliphatic rings. The summed E-state index contributed by atoms with van der Waals surface area (Å²) < 4.78 is 0. The number of aromatic nitrogens is 2. The van der Waals surface area contributed by atoms with Crippen LogP contribution < -0.4 is 5.32 Å². The summed E-state index contributed by atoms with van der Waals surface area (Å²) in [7, 11) is 0. The van der Waals surface area contributed by atoms with Gasteiger partial charge in [-0.3, -0.25) is 0 Å². The van der Waals surface area contributed by atoms with E-state index in [1.54, 1.807) is 17.4 Å². The lowest BCUT2D eigenvalue weighted by atomic mass is 10.2. The van der Waals surface area contributed by atoms with Crippen molar-refractivity contribution in [2.75, 3.05) is 5.32 Å². The van der Waals surface area contributed by atoms with Gasteiger partial charge >= 0.3 is 5.97 Å². The van der Waals surface area contributed by atoms with E-state index in [9.17, 15) is 4.79 Å². The summed E-state index contributed by atoms with van der Waals surface area (Å²) in [5.74, 6) is -1.03. The summed E-state index contributed by atoms with van der Waals surface area (Å²) in [6.45, 7) is 5.98. The number of thiazole rings is 1. The van der Waals surface area contributed by atoms with Crippen LogP contribution >= 0.6 is 11.3 Å². The van der Waals surface area contributed by atoms with Crippen molar-refractivity contribution >= 4 is 23.0 Å². The van der Waals surface area contributed by atoms with Crippen molar-refractivity contribution in [1.29, 1.82) is 0 Å². The van der Waals surface area contributed by atoms with Crippen molar-refractivity contribution in [2.45, 2.75) is 26.8 Å². The highest BCUT2D eigenvalue weighted by molar-refractivity contribution is 7.11. The van der Waals surface area contributed by atoms with E-state index in [2.05, 4.69) is 15.3 Å². The molecular formula is C13H15N3O2S. The molecule has 0 aliphatic heterocycles. The number of anilines is 1. The molecule has 2 aromatic rings. The van der Waals surface area contributed by atoms with Gasteiger partial charge in [0.1, 0.15) is 5.69 Å². The standard InChI is InChI=1S/C13H15N3O2S/c1-7-12(19-9(3)15-7)8(2)16-10-4-5-14-11(6-10)13(17)18/h4-6,8H,1-3H3,(H,14,16)(H,17,18). The van der Waals surface area contributed by atoms with Crippen LogP contribution in [0.15, 0.2) is 18.3 Å². The Morgan fingerprint density at radius 2 is 2.21 bits per heavy atom. The first-order valence-electron chi connectivity index (χ1n) is 5.87. The topological polar surface area (TPSA) is 75.1 Å². The predicted octanol–water partition coefficient (Wildman–Crippen LogP) is 3.03. The molecular weight excluding hydrogens is 262 g/mol. The van der Waals surface area contributed by atoms with Crippen molar-refractivity contribution in [3.63, 3.8) is 0 Å². The van der Waals surface area contributed by atoms with Crippen molar-refractivity contribution < 1.29 is 9.90 Å². The molecule has 0 aromatic carbocycles. The van der Waals surface area contributed by atoms with Crippen molar-refractivity contribution in [1.82, 2.24) is 9.97 Å². The smallest absolute Gasteiger partial charge is 0.354 e. The van der Waals surface area contributed by atoms with Gasteiger partial charge in [-0.2, -0.15) is 0 Å². The van der Waals surface area contributed by atoms with Crippen LogP contribution in [0.5, 0.6) is 0 Å². The maximum atomic E-state index is 10.9. The molecule has 0 amide bonds. The van der Waals surface area contributed by atoms with Gasteiger partial charge in [0.05, 0.1) is 16.7 Å². The quantitative estimate of drug-likeness (QED) is 0.898. The van der Waals surface area contributed by atoms with Gasteiger partial charge in [-0.1, -0.05) is 0 Å². The maximum Gasteiger partial charge on any atom is 0.354 e. The second-order valence-electron chi connectivity index (χ2n) is 4.28. The largest absolute Gasteiger partial charge is 0.477 e. The molecule has 0 fully saturated rings. The van der Waals surface area contributed by atoms with Gasteiger partial charge in [0, 0.05) is 16.8 Å².